The maximum absolute atomic E-state index is 13.1. The highest BCUT2D eigenvalue weighted by Gasteiger charge is 2.38. The lowest BCUT2D eigenvalue weighted by atomic mass is 9.99. The van der Waals surface area contributed by atoms with Gasteiger partial charge in [0.05, 0.1) is 45.2 Å². The van der Waals surface area contributed by atoms with E-state index in [2.05, 4.69) is 42.9 Å². The van der Waals surface area contributed by atoms with Crippen molar-refractivity contribution in [3.8, 4) is 11.4 Å². The van der Waals surface area contributed by atoms with E-state index in [0.29, 0.717) is 11.3 Å². The van der Waals surface area contributed by atoms with E-state index in [1.54, 1.807) is 18.3 Å². The molecule has 2 fully saturated rings. The summed E-state index contributed by atoms with van der Waals surface area (Å²) in [5, 5.41) is 3.76. The summed E-state index contributed by atoms with van der Waals surface area (Å²) in [6.07, 6.45) is 3.65. The number of hydrogen-bond donors (Lipinski definition) is 1. The first-order valence-electron chi connectivity index (χ1n) is 15.2. The summed E-state index contributed by atoms with van der Waals surface area (Å²) in [6, 6.07) is 16.7. The molecule has 4 heterocycles. The number of fused-ring (bicyclic) bond motifs is 1. The van der Waals surface area contributed by atoms with E-state index in [-0.39, 0.29) is 34.5 Å². The number of hydrogen-bond acceptors (Lipinski definition) is 8. The normalized spacial score (nSPS) is 17.9. The van der Waals surface area contributed by atoms with Crippen LogP contribution < -0.4 is 10.2 Å². The fraction of sp³-hybridized carbons (Fsp3) is 0.412. The number of carbonyl (C=O) groups is 1. The Labute approximate surface area is 264 Å². The minimum atomic E-state index is -3.69. The van der Waals surface area contributed by atoms with Gasteiger partial charge in [0.25, 0.3) is 5.91 Å². The lowest BCUT2D eigenvalue weighted by molar-refractivity contribution is -0.133. The zero-order valence-corrected chi connectivity index (χ0v) is 27.5. The third-order valence-corrected chi connectivity index (χ3v) is 10.00. The number of sulfonamides is 1. The highest BCUT2D eigenvalue weighted by molar-refractivity contribution is 7.89. The second-order valence-electron chi connectivity index (χ2n) is 13.4. The van der Waals surface area contributed by atoms with Crippen molar-refractivity contribution in [1.29, 1.82) is 0 Å². The molecule has 1 amide bonds. The summed E-state index contributed by atoms with van der Waals surface area (Å²) in [7, 11) is -0.684. The number of aromatic nitrogens is 3. The highest BCUT2D eigenvalue weighted by atomic mass is 32.2. The van der Waals surface area contributed by atoms with Gasteiger partial charge in [-0.05, 0) is 94.5 Å². The molecule has 236 valence electrons. The number of nitrogens with zero attached hydrogens (tertiary/aromatic N) is 5. The van der Waals surface area contributed by atoms with Crippen molar-refractivity contribution in [2.75, 3.05) is 32.1 Å². The standard InChI is InChI=1S/C34H40N6O4S/c1-33(2)20-40(21-34(3,4)44-33)31-9-7-8-27(38-31)28-15-13-24-18-35-25(17-29(24)37-28)19-36-32(41)23-12-14-26(22-10-11-22)30(16-23)45(42,43)39(5)6/h7-9,12-18,22H,10-11,19-21H2,1-6H3,(H,36,41). The van der Waals surface area contributed by atoms with E-state index in [1.165, 1.54) is 24.5 Å². The first-order valence-corrected chi connectivity index (χ1v) is 16.7. The third kappa shape index (κ3) is 6.70. The minimum Gasteiger partial charge on any atom is -0.366 e. The number of pyridine rings is 3. The number of carbonyl (C=O) groups excluding carboxylic acids is 1. The smallest absolute Gasteiger partial charge is 0.251 e. The molecule has 1 aromatic carbocycles. The summed E-state index contributed by atoms with van der Waals surface area (Å²) < 4.78 is 33.5. The van der Waals surface area contributed by atoms with Crippen LogP contribution in [0.5, 0.6) is 0 Å². The molecule has 1 saturated carbocycles. The van der Waals surface area contributed by atoms with Gasteiger partial charge < -0.3 is 15.0 Å². The molecule has 6 rings (SSSR count). The zero-order chi connectivity index (χ0) is 32.1. The molecule has 3 aromatic heterocycles. The van der Waals surface area contributed by atoms with Gasteiger partial charge in [-0.1, -0.05) is 12.1 Å². The zero-order valence-electron chi connectivity index (χ0n) is 26.7. The summed E-state index contributed by atoms with van der Waals surface area (Å²) in [5.41, 5.74) is 3.34. The largest absolute Gasteiger partial charge is 0.366 e. The first kappa shape index (κ1) is 31.1. The average molecular weight is 629 g/mol. The van der Waals surface area contributed by atoms with E-state index >= 15 is 0 Å². The Bertz CT molecular complexity index is 1870. The molecule has 45 heavy (non-hydrogen) atoms. The second kappa shape index (κ2) is 11.5. The minimum absolute atomic E-state index is 0.164. The van der Waals surface area contributed by atoms with Crippen LogP contribution in [-0.4, -0.2) is 72.0 Å². The van der Waals surface area contributed by atoms with Crippen LogP contribution >= 0.6 is 0 Å². The van der Waals surface area contributed by atoms with Gasteiger partial charge in [-0.15, -0.1) is 0 Å². The summed E-state index contributed by atoms with van der Waals surface area (Å²) in [4.78, 5) is 30.0. The molecule has 0 bridgehead atoms. The van der Waals surface area contributed by atoms with Crippen LogP contribution in [0.3, 0.4) is 0 Å². The molecule has 0 spiro atoms. The van der Waals surface area contributed by atoms with Gasteiger partial charge in [0.2, 0.25) is 10.0 Å². The molecule has 0 radical (unpaired) electrons. The molecule has 4 aromatic rings. The van der Waals surface area contributed by atoms with Crippen LogP contribution in [-0.2, 0) is 21.3 Å². The van der Waals surface area contributed by atoms with Crippen molar-refractivity contribution >= 4 is 32.7 Å². The van der Waals surface area contributed by atoms with Gasteiger partial charge in [-0.2, -0.15) is 0 Å². The number of benzene rings is 1. The molecular weight excluding hydrogens is 588 g/mol. The molecule has 1 saturated heterocycles. The maximum Gasteiger partial charge on any atom is 0.251 e. The first-order chi connectivity index (χ1) is 21.2. The van der Waals surface area contributed by atoms with Crippen molar-refractivity contribution in [3.63, 3.8) is 0 Å². The summed E-state index contributed by atoms with van der Waals surface area (Å²) in [6.45, 7) is 10.0. The summed E-state index contributed by atoms with van der Waals surface area (Å²) >= 11 is 0. The molecule has 0 unspecified atom stereocenters. The summed E-state index contributed by atoms with van der Waals surface area (Å²) in [5.74, 6) is 0.734. The number of ether oxygens (including phenoxy) is 1. The van der Waals surface area contributed by atoms with Crippen LogP contribution in [0, 0.1) is 0 Å². The maximum atomic E-state index is 13.1. The van der Waals surface area contributed by atoms with Gasteiger partial charge >= 0.3 is 0 Å². The quantitative estimate of drug-likeness (QED) is 0.285. The monoisotopic (exact) mass is 628 g/mol. The Morgan fingerprint density at radius 1 is 0.978 bits per heavy atom. The Hall–Kier alpha value is -3.93. The van der Waals surface area contributed by atoms with Crippen LogP contribution in [0.4, 0.5) is 5.82 Å². The predicted molar refractivity (Wildman–Crippen MR) is 175 cm³/mol. The Balaban J connectivity index is 1.20. The van der Waals surface area contributed by atoms with Crippen molar-refractivity contribution in [1.82, 2.24) is 24.6 Å². The van der Waals surface area contributed by atoms with E-state index in [0.717, 1.165) is 59.6 Å². The fourth-order valence-electron chi connectivity index (χ4n) is 6.09. The molecule has 2 aliphatic rings. The van der Waals surface area contributed by atoms with Crippen molar-refractivity contribution in [3.05, 3.63) is 77.6 Å². The van der Waals surface area contributed by atoms with Crippen molar-refractivity contribution < 1.29 is 17.9 Å². The molecular formula is C34H40N6O4S. The Morgan fingerprint density at radius 3 is 2.38 bits per heavy atom. The number of nitrogens with one attached hydrogen (secondary N) is 1. The van der Waals surface area contributed by atoms with Crippen LogP contribution in [0.25, 0.3) is 22.3 Å². The fourth-order valence-corrected chi connectivity index (χ4v) is 7.29. The second-order valence-corrected chi connectivity index (χ2v) is 15.5. The molecule has 10 nitrogen and oxygen atoms in total. The number of amides is 1. The van der Waals surface area contributed by atoms with Crippen molar-refractivity contribution in [2.24, 2.45) is 0 Å². The van der Waals surface area contributed by atoms with Gasteiger partial charge in [0.15, 0.2) is 0 Å². The van der Waals surface area contributed by atoms with E-state index < -0.39 is 10.0 Å². The third-order valence-electron chi connectivity index (χ3n) is 8.13. The number of rotatable bonds is 8. The van der Waals surface area contributed by atoms with Crippen LogP contribution in [0.15, 0.2) is 65.7 Å². The van der Waals surface area contributed by atoms with Crippen molar-refractivity contribution in [2.45, 2.75) is 69.1 Å². The average Bonchev–Trinajstić information content (AvgIpc) is 3.83. The van der Waals surface area contributed by atoms with Gasteiger partial charge in [0.1, 0.15) is 5.82 Å². The lowest BCUT2D eigenvalue weighted by Gasteiger charge is -2.47. The van der Waals surface area contributed by atoms with Crippen LogP contribution in [0.2, 0.25) is 0 Å². The van der Waals surface area contributed by atoms with Crippen LogP contribution in [0.1, 0.15) is 68.1 Å². The molecule has 0 atom stereocenters. The topological polar surface area (TPSA) is 118 Å². The highest BCUT2D eigenvalue weighted by Crippen LogP contribution is 2.43. The predicted octanol–water partition coefficient (Wildman–Crippen LogP) is 5.14. The molecule has 1 N–H and O–H groups in total. The Morgan fingerprint density at radius 2 is 1.69 bits per heavy atom. The van der Waals surface area contributed by atoms with E-state index in [1.807, 2.05) is 36.4 Å². The van der Waals surface area contributed by atoms with E-state index in [4.69, 9.17) is 14.7 Å². The number of morpholine rings is 1. The van der Waals surface area contributed by atoms with E-state index in [9.17, 15) is 13.2 Å². The van der Waals surface area contributed by atoms with Gasteiger partial charge in [-0.3, -0.25) is 9.78 Å². The Kier molecular flexibility index (Phi) is 7.91. The van der Waals surface area contributed by atoms with Gasteiger partial charge in [0, 0.05) is 44.3 Å². The SMILES string of the molecule is CN(C)S(=O)(=O)c1cc(C(=O)NCc2cc3nc(-c4cccc(N5CC(C)(C)OC(C)(C)C5)n4)ccc3cn2)ccc1C1CC1. The number of anilines is 1. The lowest BCUT2D eigenvalue weighted by Crippen LogP contribution is -2.57. The van der Waals surface area contributed by atoms with Gasteiger partial charge in [-0.25, -0.2) is 22.7 Å². The molecule has 1 aliphatic heterocycles. The molecule has 11 heteroatoms. The molecule has 1 aliphatic carbocycles.